The summed E-state index contributed by atoms with van der Waals surface area (Å²) in [7, 11) is 0. The van der Waals surface area contributed by atoms with Gasteiger partial charge in [-0.1, -0.05) is 62.7 Å². The third kappa shape index (κ3) is 8.83. The number of carbonyl (C=O) groups is 3. The molecule has 0 aliphatic carbocycles. The Bertz CT molecular complexity index is 1180. The first-order chi connectivity index (χ1) is 18.5. The number of benzene rings is 2. The molecule has 0 saturated heterocycles. The van der Waals surface area contributed by atoms with E-state index in [9.17, 15) is 14.4 Å². The van der Waals surface area contributed by atoms with E-state index in [4.69, 9.17) is 4.74 Å². The predicted octanol–water partition coefficient (Wildman–Crippen LogP) is 7.17. The van der Waals surface area contributed by atoms with Gasteiger partial charge in [-0.05, 0) is 96.4 Å². The van der Waals surface area contributed by atoms with Gasteiger partial charge in [-0.25, -0.2) is 4.79 Å². The van der Waals surface area contributed by atoms with Gasteiger partial charge in [0.2, 0.25) is 5.91 Å². The van der Waals surface area contributed by atoms with Crippen LogP contribution in [-0.2, 0) is 14.3 Å². The minimum atomic E-state index is -0.906. The molecule has 0 saturated carbocycles. The number of alkyl carbamates (subject to hydrolysis) is 1. The van der Waals surface area contributed by atoms with E-state index in [1.54, 1.807) is 25.7 Å². The molecule has 0 spiro atoms. The summed E-state index contributed by atoms with van der Waals surface area (Å²) >= 11 is 0. The Labute approximate surface area is 241 Å². The molecule has 3 amide bonds. The fourth-order valence-electron chi connectivity index (χ4n) is 4.79. The molecule has 2 rings (SSSR count). The van der Waals surface area contributed by atoms with Crippen molar-refractivity contribution >= 4 is 23.6 Å². The van der Waals surface area contributed by atoms with E-state index in [2.05, 4.69) is 10.6 Å². The molecule has 3 unspecified atom stereocenters. The molecular formula is C33H49N3O4. The Kier molecular flexibility index (Phi) is 11.4. The normalized spacial score (nSPS) is 13.8. The topological polar surface area (TPSA) is 87.7 Å². The maximum atomic E-state index is 14.5. The Morgan fingerprint density at radius 1 is 0.925 bits per heavy atom. The summed E-state index contributed by atoms with van der Waals surface area (Å²) in [5, 5.41) is 5.96. The van der Waals surface area contributed by atoms with Crippen LogP contribution in [-0.4, -0.2) is 40.5 Å². The first kappa shape index (κ1) is 32.9. The summed E-state index contributed by atoms with van der Waals surface area (Å²) < 4.78 is 5.50. The molecule has 2 aromatic carbocycles. The molecule has 7 nitrogen and oxygen atoms in total. The van der Waals surface area contributed by atoms with Crippen LogP contribution in [0.3, 0.4) is 0 Å². The van der Waals surface area contributed by atoms with Gasteiger partial charge < -0.3 is 20.3 Å². The van der Waals surface area contributed by atoms with Crippen molar-refractivity contribution in [2.45, 2.75) is 113 Å². The monoisotopic (exact) mass is 551 g/mol. The molecule has 2 N–H and O–H groups in total. The molecule has 7 heteroatoms. The molecule has 220 valence electrons. The average molecular weight is 552 g/mol. The number of nitrogens with one attached hydrogen (secondary N) is 2. The number of ether oxygens (including phenoxy) is 1. The van der Waals surface area contributed by atoms with Crippen molar-refractivity contribution in [2.24, 2.45) is 5.92 Å². The summed E-state index contributed by atoms with van der Waals surface area (Å²) in [4.78, 5) is 43.2. The lowest BCUT2D eigenvalue weighted by atomic mass is 9.93. The molecule has 0 heterocycles. The first-order valence-corrected chi connectivity index (χ1v) is 14.3. The smallest absolute Gasteiger partial charge is 0.408 e. The van der Waals surface area contributed by atoms with Crippen LogP contribution < -0.4 is 10.6 Å². The van der Waals surface area contributed by atoms with Crippen molar-refractivity contribution < 1.29 is 19.1 Å². The predicted molar refractivity (Wildman–Crippen MR) is 162 cm³/mol. The van der Waals surface area contributed by atoms with E-state index in [0.29, 0.717) is 12.8 Å². The second-order valence-corrected chi connectivity index (χ2v) is 12.3. The van der Waals surface area contributed by atoms with Gasteiger partial charge in [-0.3, -0.25) is 9.59 Å². The zero-order valence-electron chi connectivity index (χ0n) is 26.3. The molecule has 40 heavy (non-hydrogen) atoms. The van der Waals surface area contributed by atoms with E-state index in [-0.39, 0.29) is 23.8 Å². The zero-order chi connectivity index (χ0) is 30.4. The standard InChI is InChI=1S/C33H49N3O4/c1-12-25(8)36(31(38)27(18-20(2)3)34-32(39)40-33(9,10)11)29(26-19-21(4)16-17-22(26)5)30(37)35-28-23(6)14-13-15-24(28)7/h13-17,19-20,25,27,29H,12,18H2,1-11H3,(H,34,39)(H,35,37). The quantitative estimate of drug-likeness (QED) is 0.328. The molecule has 0 aromatic heterocycles. The van der Waals surface area contributed by atoms with Gasteiger partial charge in [-0.2, -0.15) is 0 Å². The number of aryl methyl sites for hydroxylation is 4. The maximum Gasteiger partial charge on any atom is 0.408 e. The van der Waals surface area contributed by atoms with Crippen molar-refractivity contribution in [1.82, 2.24) is 10.2 Å². The van der Waals surface area contributed by atoms with E-state index < -0.39 is 23.8 Å². The maximum absolute atomic E-state index is 14.5. The Morgan fingerprint density at radius 2 is 1.52 bits per heavy atom. The molecule has 0 radical (unpaired) electrons. The van der Waals surface area contributed by atoms with Crippen LogP contribution in [0, 0.1) is 33.6 Å². The van der Waals surface area contributed by atoms with Crippen LogP contribution in [0.2, 0.25) is 0 Å². The molecule has 2 aromatic rings. The fourth-order valence-corrected chi connectivity index (χ4v) is 4.79. The van der Waals surface area contributed by atoms with Crippen molar-refractivity contribution in [3.05, 3.63) is 64.2 Å². The highest BCUT2D eigenvalue weighted by atomic mass is 16.6. The fraction of sp³-hybridized carbons (Fsp3) is 0.545. The molecule has 3 atom stereocenters. The minimum absolute atomic E-state index is 0.116. The highest BCUT2D eigenvalue weighted by molar-refractivity contribution is 6.00. The number of hydrogen-bond acceptors (Lipinski definition) is 4. The van der Waals surface area contributed by atoms with Gasteiger partial charge in [-0.15, -0.1) is 0 Å². The van der Waals surface area contributed by atoms with Crippen LogP contribution in [0.15, 0.2) is 36.4 Å². The lowest BCUT2D eigenvalue weighted by Crippen LogP contribution is -2.55. The number of anilines is 1. The highest BCUT2D eigenvalue weighted by Gasteiger charge is 2.39. The summed E-state index contributed by atoms with van der Waals surface area (Å²) in [6, 6.07) is 9.78. The Hall–Kier alpha value is -3.35. The van der Waals surface area contributed by atoms with Crippen LogP contribution in [0.4, 0.5) is 10.5 Å². The Balaban J connectivity index is 2.67. The number of nitrogens with zero attached hydrogens (tertiary/aromatic N) is 1. The second-order valence-electron chi connectivity index (χ2n) is 12.3. The molecule has 0 aliphatic rings. The molecule has 0 aliphatic heterocycles. The van der Waals surface area contributed by atoms with Gasteiger partial charge >= 0.3 is 6.09 Å². The van der Waals surface area contributed by atoms with Gasteiger partial charge in [0.05, 0.1) is 0 Å². The highest BCUT2D eigenvalue weighted by Crippen LogP contribution is 2.32. The van der Waals surface area contributed by atoms with E-state index >= 15 is 0 Å². The minimum Gasteiger partial charge on any atom is -0.444 e. The van der Waals surface area contributed by atoms with Crippen LogP contribution >= 0.6 is 0 Å². The summed E-state index contributed by atoms with van der Waals surface area (Å²) in [6.45, 7) is 21.1. The third-order valence-corrected chi connectivity index (χ3v) is 7.00. The van der Waals surface area contributed by atoms with Crippen molar-refractivity contribution in [3.63, 3.8) is 0 Å². The van der Waals surface area contributed by atoms with E-state index in [0.717, 1.165) is 33.5 Å². The van der Waals surface area contributed by atoms with Crippen LogP contribution in [0.1, 0.15) is 95.2 Å². The summed E-state index contributed by atoms with van der Waals surface area (Å²) in [5.41, 5.74) is 4.58. The van der Waals surface area contributed by atoms with Crippen molar-refractivity contribution in [1.29, 1.82) is 0 Å². The number of amides is 3. The SMILES string of the molecule is CCC(C)N(C(=O)C(CC(C)C)NC(=O)OC(C)(C)C)C(C(=O)Nc1c(C)cccc1C)c1cc(C)ccc1C. The van der Waals surface area contributed by atoms with E-state index in [1.165, 1.54) is 0 Å². The molecule has 0 fully saturated rings. The molecular weight excluding hydrogens is 502 g/mol. The number of carbonyl (C=O) groups excluding carboxylic acids is 3. The Morgan fingerprint density at radius 3 is 2.05 bits per heavy atom. The summed E-state index contributed by atoms with van der Waals surface area (Å²) in [5.74, 6) is -0.484. The number of rotatable bonds is 10. The second kappa shape index (κ2) is 13.8. The first-order valence-electron chi connectivity index (χ1n) is 14.3. The van der Waals surface area contributed by atoms with Gasteiger partial charge in [0.25, 0.3) is 5.91 Å². The average Bonchev–Trinajstić information content (AvgIpc) is 2.83. The lowest BCUT2D eigenvalue weighted by molar-refractivity contribution is -0.143. The largest absolute Gasteiger partial charge is 0.444 e. The van der Waals surface area contributed by atoms with Crippen LogP contribution in [0.25, 0.3) is 0 Å². The van der Waals surface area contributed by atoms with Gasteiger partial charge in [0.1, 0.15) is 17.7 Å². The van der Waals surface area contributed by atoms with Gasteiger partial charge in [0.15, 0.2) is 0 Å². The zero-order valence-corrected chi connectivity index (χ0v) is 26.3. The van der Waals surface area contributed by atoms with Crippen molar-refractivity contribution in [2.75, 3.05) is 5.32 Å². The number of para-hydroxylation sites is 1. The van der Waals surface area contributed by atoms with Crippen LogP contribution in [0.5, 0.6) is 0 Å². The lowest BCUT2D eigenvalue weighted by Gasteiger charge is -2.39. The third-order valence-electron chi connectivity index (χ3n) is 7.00. The van der Waals surface area contributed by atoms with Crippen molar-refractivity contribution in [3.8, 4) is 0 Å². The van der Waals surface area contributed by atoms with E-state index in [1.807, 2.05) is 91.8 Å². The number of hydrogen-bond donors (Lipinski definition) is 2. The molecule has 0 bridgehead atoms. The van der Waals surface area contributed by atoms with Gasteiger partial charge in [0, 0.05) is 11.7 Å². The summed E-state index contributed by atoms with van der Waals surface area (Å²) in [6.07, 6.45) is 0.382.